The first-order valence-electron chi connectivity index (χ1n) is 9.60. The second-order valence-electron chi connectivity index (χ2n) is 6.78. The molecule has 0 spiro atoms. The zero-order chi connectivity index (χ0) is 23.6. The first-order chi connectivity index (χ1) is 15.2. The zero-order valence-electron chi connectivity index (χ0n) is 17.3. The summed E-state index contributed by atoms with van der Waals surface area (Å²) in [6, 6.07) is 18.8. The Hall–Kier alpha value is -2.02. The maximum atomic E-state index is 12.4. The highest BCUT2D eigenvalue weighted by molar-refractivity contribution is 7.87. The summed E-state index contributed by atoms with van der Waals surface area (Å²) < 4.78 is 79.1. The summed E-state index contributed by atoms with van der Waals surface area (Å²) in [5.74, 6) is 0. The minimum atomic E-state index is -5.71. The molecular formula is C21H25F3O7S. The van der Waals surface area contributed by atoms with Gasteiger partial charge < -0.3 is 19.3 Å². The molecule has 0 bridgehead atoms. The van der Waals surface area contributed by atoms with Crippen LogP contribution >= 0.6 is 0 Å². The van der Waals surface area contributed by atoms with Crippen molar-refractivity contribution in [1.29, 1.82) is 0 Å². The molecule has 2 aromatic rings. The van der Waals surface area contributed by atoms with Crippen LogP contribution in [0.15, 0.2) is 60.7 Å². The van der Waals surface area contributed by atoms with Gasteiger partial charge in [-0.25, -0.2) is 0 Å². The second-order valence-corrected chi connectivity index (χ2v) is 8.34. The lowest BCUT2D eigenvalue weighted by Crippen LogP contribution is -2.34. The van der Waals surface area contributed by atoms with Crippen molar-refractivity contribution in [2.24, 2.45) is 0 Å². The van der Waals surface area contributed by atoms with Crippen LogP contribution in [0.25, 0.3) is 0 Å². The highest BCUT2D eigenvalue weighted by Gasteiger charge is 2.51. The van der Waals surface area contributed by atoms with Gasteiger partial charge in [-0.3, -0.25) is 4.18 Å². The molecule has 0 amide bonds. The second kappa shape index (κ2) is 12.3. The summed E-state index contributed by atoms with van der Waals surface area (Å²) in [5, 5.41) is 8.54. The first-order valence-corrected chi connectivity index (χ1v) is 11.0. The van der Waals surface area contributed by atoms with Gasteiger partial charge in [0.05, 0.1) is 25.9 Å². The van der Waals surface area contributed by atoms with Gasteiger partial charge in [0.15, 0.2) is 6.29 Å². The van der Waals surface area contributed by atoms with E-state index in [4.69, 9.17) is 19.3 Å². The Balaban J connectivity index is 0.000000380. The fourth-order valence-electron chi connectivity index (χ4n) is 2.79. The number of rotatable bonds is 8. The number of alkyl halides is 3. The van der Waals surface area contributed by atoms with Gasteiger partial charge in [-0.05, 0) is 11.1 Å². The normalized spacial score (nSPS) is 21.1. The Morgan fingerprint density at radius 3 is 2.06 bits per heavy atom. The van der Waals surface area contributed by atoms with Crippen LogP contribution in [-0.4, -0.2) is 51.2 Å². The predicted molar refractivity (Wildman–Crippen MR) is 109 cm³/mol. The molecule has 3 atom stereocenters. The molecule has 1 heterocycles. The molecule has 32 heavy (non-hydrogen) atoms. The molecule has 1 unspecified atom stereocenters. The molecule has 0 aromatic heterocycles. The third-order valence-electron chi connectivity index (χ3n) is 4.33. The van der Waals surface area contributed by atoms with Crippen molar-refractivity contribution in [3.63, 3.8) is 0 Å². The Morgan fingerprint density at radius 2 is 1.59 bits per heavy atom. The molecule has 11 heteroatoms. The van der Waals surface area contributed by atoms with E-state index in [1.165, 1.54) is 7.11 Å². The minimum Gasteiger partial charge on any atom is -0.392 e. The van der Waals surface area contributed by atoms with Crippen molar-refractivity contribution >= 4 is 10.1 Å². The molecule has 0 aliphatic carbocycles. The number of halogens is 3. The van der Waals surface area contributed by atoms with Crippen LogP contribution in [0.2, 0.25) is 0 Å². The van der Waals surface area contributed by atoms with E-state index in [2.05, 4.69) is 4.18 Å². The van der Waals surface area contributed by atoms with Crippen LogP contribution in [0.3, 0.4) is 0 Å². The third kappa shape index (κ3) is 8.15. The number of aliphatic hydroxyl groups excluding tert-OH is 1. The van der Waals surface area contributed by atoms with Crippen molar-refractivity contribution in [1.82, 2.24) is 0 Å². The molecular weight excluding hydrogens is 453 g/mol. The third-order valence-corrected chi connectivity index (χ3v) is 5.40. The van der Waals surface area contributed by atoms with Gasteiger partial charge in [0.2, 0.25) is 0 Å². The van der Waals surface area contributed by atoms with E-state index in [9.17, 15) is 21.6 Å². The highest BCUT2D eigenvalue weighted by atomic mass is 32.2. The van der Waals surface area contributed by atoms with Crippen LogP contribution in [0, 0.1) is 0 Å². The van der Waals surface area contributed by atoms with Crippen LogP contribution in [-0.2, 0) is 41.7 Å². The number of methoxy groups -OCH3 is 1. The summed E-state index contributed by atoms with van der Waals surface area (Å²) >= 11 is 0. The van der Waals surface area contributed by atoms with E-state index >= 15 is 0 Å². The molecule has 1 aliphatic rings. The van der Waals surface area contributed by atoms with Gasteiger partial charge in [0.1, 0.15) is 6.10 Å². The topological polar surface area (TPSA) is 91.3 Å². The number of hydrogen-bond donors (Lipinski definition) is 1. The fraction of sp³-hybridized carbons (Fsp3) is 0.429. The van der Waals surface area contributed by atoms with E-state index in [1.54, 1.807) is 0 Å². The summed E-state index contributed by atoms with van der Waals surface area (Å²) in [6.45, 7) is 0.506. The smallest absolute Gasteiger partial charge is 0.392 e. The van der Waals surface area contributed by atoms with E-state index in [1.807, 2.05) is 60.7 Å². The van der Waals surface area contributed by atoms with E-state index < -0.39 is 34.1 Å². The molecule has 3 rings (SSSR count). The lowest BCUT2D eigenvalue weighted by molar-refractivity contribution is -0.154. The SMILES string of the molecule is COC1O[C@@H](COCc2ccccc2)C[C@@H]1OS(=O)(=O)C(F)(F)F.OCc1ccccc1. The molecule has 1 saturated heterocycles. The van der Waals surface area contributed by atoms with Crippen LogP contribution in [0.5, 0.6) is 0 Å². The molecule has 178 valence electrons. The van der Waals surface area contributed by atoms with Crippen LogP contribution in [0.4, 0.5) is 13.2 Å². The quantitative estimate of drug-likeness (QED) is 0.460. The lowest BCUT2D eigenvalue weighted by Gasteiger charge is -2.17. The maximum absolute atomic E-state index is 12.4. The largest absolute Gasteiger partial charge is 0.523 e. The van der Waals surface area contributed by atoms with Crippen molar-refractivity contribution in [3.8, 4) is 0 Å². The average Bonchev–Trinajstić information content (AvgIpc) is 3.15. The average molecular weight is 478 g/mol. The van der Waals surface area contributed by atoms with Crippen molar-refractivity contribution in [2.75, 3.05) is 13.7 Å². The molecule has 7 nitrogen and oxygen atoms in total. The van der Waals surface area contributed by atoms with Crippen LogP contribution in [0.1, 0.15) is 17.5 Å². The zero-order valence-corrected chi connectivity index (χ0v) is 18.1. The molecule has 0 radical (unpaired) electrons. The predicted octanol–water partition coefficient (Wildman–Crippen LogP) is 3.38. The van der Waals surface area contributed by atoms with E-state index in [0.29, 0.717) is 6.61 Å². The van der Waals surface area contributed by atoms with Gasteiger partial charge >= 0.3 is 15.6 Å². The van der Waals surface area contributed by atoms with Gasteiger partial charge in [0, 0.05) is 13.5 Å². The standard InChI is InChI=1S/C14H17F3O6S.C7H8O/c1-20-13-12(23-24(18,19)14(15,16)17)7-11(22-13)9-21-8-10-5-3-2-4-6-10;8-6-7-4-2-1-3-5-7/h2-6,11-13H,7-9H2,1H3;1-5,8H,6H2/t11-,12+,13?;/m1./s1. The molecule has 2 aromatic carbocycles. The monoisotopic (exact) mass is 478 g/mol. The summed E-state index contributed by atoms with van der Waals surface area (Å²) in [4.78, 5) is 0. The Kier molecular flexibility index (Phi) is 10.1. The summed E-state index contributed by atoms with van der Waals surface area (Å²) in [6.07, 6.45) is -3.32. The van der Waals surface area contributed by atoms with Gasteiger partial charge in [0.25, 0.3) is 0 Å². The fourth-order valence-corrected chi connectivity index (χ4v) is 3.39. The number of hydrogen-bond acceptors (Lipinski definition) is 7. The number of aliphatic hydroxyl groups is 1. The molecule has 1 fully saturated rings. The van der Waals surface area contributed by atoms with Gasteiger partial charge in [-0.1, -0.05) is 60.7 Å². The minimum absolute atomic E-state index is 0.0701. The maximum Gasteiger partial charge on any atom is 0.523 e. The Bertz CT molecular complexity index is 893. The highest BCUT2D eigenvalue weighted by Crippen LogP contribution is 2.31. The van der Waals surface area contributed by atoms with Crippen molar-refractivity contribution < 1.29 is 45.1 Å². The van der Waals surface area contributed by atoms with Gasteiger partial charge in [-0.15, -0.1) is 0 Å². The number of benzene rings is 2. The molecule has 1 N–H and O–H groups in total. The molecule has 0 saturated carbocycles. The Labute approximate surface area is 184 Å². The summed E-state index contributed by atoms with van der Waals surface area (Å²) in [5.41, 5.74) is -3.61. The van der Waals surface area contributed by atoms with E-state index in [0.717, 1.165) is 11.1 Å². The lowest BCUT2D eigenvalue weighted by atomic mass is 10.2. The van der Waals surface area contributed by atoms with E-state index in [-0.39, 0.29) is 19.6 Å². The van der Waals surface area contributed by atoms with Crippen LogP contribution < -0.4 is 0 Å². The molecule has 1 aliphatic heterocycles. The summed E-state index contributed by atoms with van der Waals surface area (Å²) in [7, 11) is -4.52. The first kappa shape index (κ1) is 26.2. The van der Waals surface area contributed by atoms with Crippen molar-refractivity contribution in [2.45, 2.75) is 43.6 Å². The van der Waals surface area contributed by atoms with Gasteiger partial charge in [-0.2, -0.15) is 21.6 Å². The Morgan fingerprint density at radius 1 is 1.03 bits per heavy atom. The van der Waals surface area contributed by atoms with Crippen molar-refractivity contribution in [3.05, 3.63) is 71.8 Å². The number of ether oxygens (including phenoxy) is 3.